The molecular weight excluding hydrogens is 401 g/mol. The highest BCUT2D eigenvalue weighted by Crippen LogP contribution is 2.28. The zero-order valence-corrected chi connectivity index (χ0v) is 17.7. The molecule has 0 aliphatic carbocycles. The van der Waals surface area contributed by atoms with Crippen LogP contribution >= 0.6 is 35.0 Å². The van der Waals surface area contributed by atoms with Crippen molar-refractivity contribution in [3.63, 3.8) is 0 Å². The second-order valence-corrected chi connectivity index (χ2v) is 7.55. The number of anilines is 1. The molecule has 0 aromatic heterocycles. The van der Waals surface area contributed by atoms with Gasteiger partial charge in [0.2, 0.25) is 5.91 Å². The van der Waals surface area contributed by atoms with E-state index in [1.165, 1.54) is 17.4 Å². The first-order valence-electron chi connectivity index (χ1n) is 8.72. The van der Waals surface area contributed by atoms with Crippen molar-refractivity contribution in [1.29, 1.82) is 0 Å². The molecule has 0 aliphatic rings. The highest BCUT2D eigenvalue weighted by Gasteiger charge is 2.07. The van der Waals surface area contributed by atoms with Crippen molar-refractivity contribution in [2.24, 2.45) is 5.10 Å². The Morgan fingerprint density at radius 2 is 1.74 bits per heavy atom. The van der Waals surface area contributed by atoms with Gasteiger partial charge in [0, 0.05) is 34.6 Å². The van der Waals surface area contributed by atoms with E-state index in [4.69, 9.17) is 23.2 Å². The van der Waals surface area contributed by atoms with E-state index in [-0.39, 0.29) is 11.7 Å². The van der Waals surface area contributed by atoms with Crippen LogP contribution in [0.15, 0.2) is 47.6 Å². The van der Waals surface area contributed by atoms with Crippen molar-refractivity contribution in [1.82, 2.24) is 5.43 Å². The van der Waals surface area contributed by atoms with Crippen LogP contribution in [0.1, 0.15) is 25.0 Å². The van der Waals surface area contributed by atoms with Crippen LogP contribution in [0.25, 0.3) is 0 Å². The smallest absolute Gasteiger partial charge is 0.250 e. The van der Waals surface area contributed by atoms with Gasteiger partial charge in [0.25, 0.3) is 0 Å². The summed E-state index contributed by atoms with van der Waals surface area (Å²) in [6, 6.07) is 13.5. The number of rotatable bonds is 9. The van der Waals surface area contributed by atoms with E-state index in [1.54, 1.807) is 24.4 Å². The second kappa shape index (κ2) is 11.2. The Bertz CT molecular complexity index is 757. The van der Waals surface area contributed by atoms with Gasteiger partial charge in [-0.15, -0.1) is 11.8 Å². The Labute approximate surface area is 174 Å². The molecule has 2 aromatic carbocycles. The predicted molar refractivity (Wildman–Crippen MR) is 118 cm³/mol. The fourth-order valence-electron chi connectivity index (χ4n) is 2.49. The lowest BCUT2D eigenvalue weighted by Crippen LogP contribution is -2.21. The quantitative estimate of drug-likeness (QED) is 0.443. The summed E-state index contributed by atoms with van der Waals surface area (Å²) in [5.41, 5.74) is 5.49. The summed E-state index contributed by atoms with van der Waals surface area (Å²) < 4.78 is 0. The molecule has 2 rings (SSSR count). The molecule has 0 heterocycles. The first kappa shape index (κ1) is 21.6. The minimum Gasteiger partial charge on any atom is -0.372 e. The number of hydrazone groups is 1. The van der Waals surface area contributed by atoms with Crippen molar-refractivity contribution in [3.8, 4) is 0 Å². The number of hydrogen-bond donors (Lipinski definition) is 1. The number of halogens is 2. The number of carbonyl (C=O) groups is 1. The number of nitrogens with one attached hydrogen (secondary N) is 1. The van der Waals surface area contributed by atoms with E-state index in [2.05, 4.69) is 41.4 Å². The third kappa shape index (κ3) is 6.76. The van der Waals surface area contributed by atoms with Crippen LogP contribution in [-0.2, 0) is 10.5 Å². The largest absolute Gasteiger partial charge is 0.372 e. The Hall–Kier alpha value is -1.69. The molecule has 0 aliphatic heterocycles. The normalized spacial score (nSPS) is 11.0. The molecule has 1 N–H and O–H groups in total. The molecule has 0 atom stereocenters. The van der Waals surface area contributed by atoms with Gasteiger partial charge in [0.15, 0.2) is 0 Å². The summed E-state index contributed by atoms with van der Waals surface area (Å²) in [6.45, 7) is 6.20. The molecule has 0 spiro atoms. The minimum atomic E-state index is -0.167. The first-order valence-corrected chi connectivity index (χ1v) is 10.6. The van der Waals surface area contributed by atoms with Crippen LogP contribution < -0.4 is 10.3 Å². The van der Waals surface area contributed by atoms with Gasteiger partial charge >= 0.3 is 0 Å². The van der Waals surface area contributed by atoms with Gasteiger partial charge < -0.3 is 4.90 Å². The lowest BCUT2D eigenvalue weighted by molar-refractivity contribution is -0.118. The molecule has 4 nitrogen and oxygen atoms in total. The van der Waals surface area contributed by atoms with E-state index in [1.807, 2.05) is 12.1 Å². The van der Waals surface area contributed by atoms with E-state index in [0.29, 0.717) is 15.8 Å². The van der Waals surface area contributed by atoms with Gasteiger partial charge in [0.05, 0.1) is 12.0 Å². The highest BCUT2D eigenvalue weighted by molar-refractivity contribution is 7.99. The average Bonchev–Trinajstić information content (AvgIpc) is 2.66. The Balaban J connectivity index is 1.78. The average molecular weight is 424 g/mol. The summed E-state index contributed by atoms with van der Waals surface area (Å²) in [5, 5.41) is 5.24. The molecule has 0 saturated heterocycles. The Kier molecular flexibility index (Phi) is 8.98. The molecule has 0 fully saturated rings. The van der Waals surface area contributed by atoms with Crippen LogP contribution in [0.5, 0.6) is 0 Å². The van der Waals surface area contributed by atoms with Crippen LogP contribution in [0, 0.1) is 0 Å². The third-order valence-corrected chi connectivity index (χ3v) is 5.63. The van der Waals surface area contributed by atoms with Gasteiger partial charge in [0.1, 0.15) is 0 Å². The van der Waals surface area contributed by atoms with Crippen molar-refractivity contribution in [2.45, 2.75) is 19.6 Å². The van der Waals surface area contributed by atoms with Gasteiger partial charge in [-0.05, 0) is 49.2 Å². The standard InChI is InChI=1S/C20H23Cl2N3OS/c1-3-25(4-2)16-10-8-15(9-11-16)12-23-24-20(26)14-27-13-17-18(21)6-5-7-19(17)22/h5-12H,3-4,13-14H2,1-2H3,(H,24,26)/b23-12-. The van der Waals surface area contributed by atoms with E-state index >= 15 is 0 Å². The van der Waals surface area contributed by atoms with E-state index in [9.17, 15) is 4.79 Å². The zero-order valence-electron chi connectivity index (χ0n) is 15.4. The van der Waals surface area contributed by atoms with Crippen LogP contribution in [0.4, 0.5) is 5.69 Å². The number of amides is 1. The number of thioether (sulfide) groups is 1. The van der Waals surface area contributed by atoms with E-state index in [0.717, 1.165) is 24.2 Å². The van der Waals surface area contributed by atoms with Gasteiger partial charge in [-0.2, -0.15) is 5.10 Å². The fourth-order valence-corrected chi connectivity index (χ4v) is 4.04. The molecular formula is C20H23Cl2N3OS. The Morgan fingerprint density at radius 3 is 2.33 bits per heavy atom. The van der Waals surface area contributed by atoms with Gasteiger partial charge in [-0.3, -0.25) is 4.79 Å². The summed E-state index contributed by atoms with van der Waals surface area (Å²) in [4.78, 5) is 14.2. The maximum absolute atomic E-state index is 11.9. The molecule has 2 aromatic rings. The van der Waals surface area contributed by atoms with E-state index < -0.39 is 0 Å². The van der Waals surface area contributed by atoms with Gasteiger partial charge in [-0.1, -0.05) is 41.4 Å². The molecule has 0 radical (unpaired) electrons. The second-order valence-electron chi connectivity index (χ2n) is 5.75. The van der Waals surface area contributed by atoms with Crippen LogP contribution in [0.2, 0.25) is 10.0 Å². The molecule has 0 unspecified atom stereocenters. The van der Waals surface area contributed by atoms with Crippen LogP contribution in [-0.4, -0.2) is 31.0 Å². The summed E-state index contributed by atoms with van der Waals surface area (Å²) in [5.74, 6) is 0.682. The summed E-state index contributed by atoms with van der Waals surface area (Å²) in [6.07, 6.45) is 1.64. The number of hydrogen-bond acceptors (Lipinski definition) is 4. The van der Waals surface area contributed by atoms with Crippen molar-refractivity contribution >= 4 is 52.8 Å². The zero-order chi connectivity index (χ0) is 19.6. The number of carbonyl (C=O) groups excluding carboxylic acids is 1. The topological polar surface area (TPSA) is 44.7 Å². The maximum Gasteiger partial charge on any atom is 0.250 e. The first-order chi connectivity index (χ1) is 13.0. The fraction of sp³-hybridized carbons (Fsp3) is 0.300. The van der Waals surface area contributed by atoms with Crippen molar-refractivity contribution < 1.29 is 4.79 Å². The molecule has 7 heteroatoms. The number of benzene rings is 2. The third-order valence-electron chi connectivity index (χ3n) is 3.97. The highest BCUT2D eigenvalue weighted by atomic mass is 35.5. The lowest BCUT2D eigenvalue weighted by Gasteiger charge is -2.20. The maximum atomic E-state index is 11.9. The molecule has 144 valence electrons. The monoisotopic (exact) mass is 423 g/mol. The minimum absolute atomic E-state index is 0.167. The summed E-state index contributed by atoms with van der Waals surface area (Å²) in [7, 11) is 0. The van der Waals surface area contributed by atoms with Gasteiger partial charge in [-0.25, -0.2) is 5.43 Å². The Morgan fingerprint density at radius 1 is 1.11 bits per heavy atom. The van der Waals surface area contributed by atoms with Crippen molar-refractivity contribution in [3.05, 3.63) is 63.6 Å². The summed E-state index contributed by atoms with van der Waals surface area (Å²) >= 11 is 13.7. The predicted octanol–water partition coefficient (Wildman–Crippen LogP) is 5.22. The van der Waals surface area contributed by atoms with Crippen LogP contribution in [0.3, 0.4) is 0 Å². The SMILES string of the molecule is CCN(CC)c1ccc(/C=N\NC(=O)CSCc2c(Cl)cccc2Cl)cc1. The molecule has 27 heavy (non-hydrogen) atoms. The number of nitrogens with zero attached hydrogens (tertiary/aromatic N) is 2. The molecule has 0 bridgehead atoms. The molecule has 1 amide bonds. The molecule has 0 saturated carbocycles. The van der Waals surface area contributed by atoms with Crippen molar-refractivity contribution in [2.75, 3.05) is 23.7 Å². The lowest BCUT2D eigenvalue weighted by atomic mass is 10.2.